The number of hydrogen-bond acceptors (Lipinski definition) is 4. The lowest BCUT2D eigenvalue weighted by atomic mass is 10.1. The molecule has 0 bridgehead atoms. The molecule has 1 aliphatic heterocycles. The fourth-order valence-electron chi connectivity index (χ4n) is 1.74. The molecule has 1 atom stereocenters. The minimum atomic E-state index is 0.655. The summed E-state index contributed by atoms with van der Waals surface area (Å²) in [5.74, 6) is 2.35. The van der Waals surface area contributed by atoms with E-state index in [-0.39, 0.29) is 0 Å². The van der Waals surface area contributed by atoms with E-state index >= 15 is 0 Å². The Morgan fingerprint density at radius 3 is 2.93 bits per heavy atom. The maximum Gasteiger partial charge on any atom is 0.208 e. The van der Waals surface area contributed by atoms with E-state index in [4.69, 9.17) is 9.15 Å². The predicted octanol–water partition coefficient (Wildman–Crippen LogP) is 1.42. The molecule has 1 aliphatic rings. The number of nitrogens with zero attached hydrogens (tertiary/aromatic N) is 1. The van der Waals surface area contributed by atoms with Crippen LogP contribution in [0.4, 0.5) is 0 Å². The second-order valence-corrected chi connectivity index (χ2v) is 4.11. The van der Waals surface area contributed by atoms with Crippen LogP contribution in [0.2, 0.25) is 0 Å². The maximum absolute atomic E-state index is 5.47. The molecular formula is C11H18N2O2. The van der Waals surface area contributed by atoms with E-state index in [1.807, 2.05) is 13.8 Å². The summed E-state index contributed by atoms with van der Waals surface area (Å²) in [6.07, 6.45) is 1.16. The Balaban J connectivity index is 1.73. The minimum Gasteiger partial charge on any atom is -0.444 e. The van der Waals surface area contributed by atoms with Crippen LogP contribution in [0, 0.1) is 19.8 Å². The number of ether oxygens (including phenoxy) is 1. The number of oxazole rings is 1. The van der Waals surface area contributed by atoms with Gasteiger partial charge in [0.15, 0.2) is 0 Å². The van der Waals surface area contributed by atoms with E-state index in [1.54, 1.807) is 0 Å². The zero-order valence-electron chi connectivity index (χ0n) is 9.38. The average molecular weight is 210 g/mol. The number of nitrogens with one attached hydrogen (secondary N) is 1. The van der Waals surface area contributed by atoms with Gasteiger partial charge >= 0.3 is 0 Å². The molecule has 1 fully saturated rings. The zero-order chi connectivity index (χ0) is 10.7. The molecule has 0 radical (unpaired) electrons. The van der Waals surface area contributed by atoms with Crippen LogP contribution >= 0.6 is 0 Å². The Kier molecular flexibility index (Phi) is 3.38. The predicted molar refractivity (Wildman–Crippen MR) is 56.6 cm³/mol. The number of rotatable bonds is 4. The van der Waals surface area contributed by atoms with Gasteiger partial charge in [0, 0.05) is 13.2 Å². The molecule has 2 rings (SSSR count). The first-order valence-electron chi connectivity index (χ1n) is 5.47. The third kappa shape index (κ3) is 2.79. The van der Waals surface area contributed by atoms with Gasteiger partial charge in [0.1, 0.15) is 5.76 Å². The van der Waals surface area contributed by atoms with Crippen LogP contribution in [0.15, 0.2) is 4.42 Å². The molecule has 84 valence electrons. The van der Waals surface area contributed by atoms with Gasteiger partial charge in [-0.25, -0.2) is 4.98 Å². The van der Waals surface area contributed by atoms with Gasteiger partial charge < -0.3 is 14.5 Å². The molecule has 4 heteroatoms. The van der Waals surface area contributed by atoms with Crippen molar-refractivity contribution in [3.05, 3.63) is 17.3 Å². The molecule has 1 aromatic rings. The summed E-state index contributed by atoms with van der Waals surface area (Å²) < 4.78 is 10.8. The molecule has 0 amide bonds. The summed E-state index contributed by atoms with van der Waals surface area (Å²) in [6.45, 7) is 7.40. The lowest BCUT2D eigenvalue weighted by Crippen LogP contribution is -2.22. The molecule has 1 aromatic heterocycles. The summed E-state index contributed by atoms with van der Waals surface area (Å²) in [7, 11) is 0. The van der Waals surface area contributed by atoms with Crippen LogP contribution in [0.5, 0.6) is 0 Å². The van der Waals surface area contributed by atoms with Crippen molar-refractivity contribution in [1.29, 1.82) is 0 Å². The maximum atomic E-state index is 5.47. The van der Waals surface area contributed by atoms with Gasteiger partial charge in [0.05, 0.1) is 18.8 Å². The van der Waals surface area contributed by atoms with Crippen molar-refractivity contribution in [2.24, 2.45) is 5.92 Å². The highest BCUT2D eigenvalue weighted by Crippen LogP contribution is 2.11. The monoisotopic (exact) mass is 210 g/mol. The molecule has 4 nitrogen and oxygen atoms in total. The van der Waals surface area contributed by atoms with Gasteiger partial charge in [0.2, 0.25) is 5.89 Å². The Labute approximate surface area is 90.0 Å². The molecule has 0 aromatic carbocycles. The molecule has 0 saturated carbocycles. The van der Waals surface area contributed by atoms with Crippen molar-refractivity contribution < 1.29 is 9.15 Å². The molecule has 15 heavy (non-hydrogen) atoms. The second kappa shape index (κ2) is 4.77. The van der Waals surface area contributed by atoms with Crippen LogP contribution in [-0.4, -0.2) is 24.7 Å². The molecule has 1 unspecified atom stereocenters. The van der Waals surface area contributed by atoms with E-state index in [2.05, 4.69) is 10.3 Å². The normalized spacial score (nSPS) is 21.1. The van der Waals surface area contributed by atoms with Crippen LogP contribution in [0.3, 0.4) is 0 Å². The van der Waals surface area contributed by atoms with E-state index in [9.17, 15) is 0 Å². The van der Waals surface area contributed by atoms with Gasteiger partial charge in [-0.15, -0.1) is 0 Å². The van der Waals surface area contributed by atoms with Crippen molar-refractivity contribution in [3.8, 4) is 0 Å². The minimum absolute atomic E-state index is 0.655. The number of aromatic nitrogens is 1. The fourth-order valence-corrected chi connectivity index (χ4v) is 1.74. The van der Waals surface area contributed by atoms with Crippen molar-refractivity contribution in [2.45, 2.75) is 26.8 Å². The summed E-state index contributed by atoms with van der Waals surface area (Å²) >= 11 is 0. The topological polar surface area (TPSA) is 47.3 Å². The van der Waals surface area contributed by atoms with Crippen molar-refractivity contribution in [3.63, 3.8) is 0 Å². The zero-order valence-corrected chi connectivity index (χ0v) is 9.38. The molecule has 2 heterocycles. The van der Waals surface area contributed by atoms with Crippen LogP contribution in [0.1, 0.15) is 23.8 Å². The lowest BCUT2D eigenvalue weighted by molar-refractivity contribution is 0.185. The molecule has 1 saturated heterocycles. The average Bonchev–Trinajstić information content (AvgIpc) is 2.79. The highest BCUT2D eigenvalue weighted by Gasteiger charge is 2.15. The van der Waals surface area contributed by atoms with E-state index in [1.165, 1.54) is 0 Å². The van der Waals surface area contributed by atoms with Gasteiger partial charge in [-0.3, -0.25) is 0 Å². The largest absolute Gasteiger partial charge is 0.444 e. The van der Waals surface area contributed by atoms with Crippen molar-refractivity contribution in [2.75, 3.05) is 19.8 Å². The fraction of sp³-hybridized carbons (Fsp3) is 0.727. The van der Waals surface area contributed by atoms with Gasteiger partial charge in [-0.2, -0.15) is 0 Å². The molecule has 0 aliphatic carbocycles. The molecule has 0 spiro atoms. The quantitative estimate of drug-likeness (QED) is 0.816. The van der Waals surface area contributed by atoms with E-state index in [0.29, 0.717) is 12.5 Å². The Hall–Kier alpha value is -0.870. The summed E-state index contributed by atoms with van der Waals surface area (Å²) in [5, 5.41) is 3.35. The van der Waals surface area contributed by atoms with Crippen LogP contribution < -0.4 is 5.32 Å². The van der Waals surface area contributed by atoms with Gasteiger partial charge in [0.25, 0.3) is 0 Å². The Bertz CT molecular complexity index is 297. The van der Waals surface area contributed by atoms with Crippen LogP contribution in [0.25, 0.3) is 0 Å². The highest BCUT2D eigenvalue weighted by molar-refractivity contribution is 5.05. The third-order valence-corrected chi connectivity index (χ3v) is 2.81. The first-order chi connectivity index (χ1) is 7.25. The SMILES string of the molecule is Cc1nc(CNCC2CCOC2)oc1C. The van der Waals surface area contributed by atoms with Crippen molar-refractivity contribution >= 4 is 0 Å². The highest BCUT2D eigenvalue weighted by atomic mass is 16.5. The summed E-state index contributed by atoms with van der Waals surface area (Å²) in [6, 6.07) is 0. The smallest absolute Gasteiger partial charge is 0.208 e. The lowest BCUT2D eigenvalue weighted by Gasteiger charge is -2.06. The third-order valence-electron chi connectivity index (χ3n) is 2.81. The Morgan fingerprint density at radius 2 is 2.33 bits per heavy atom. The molecular weight excluding hydrogens is 192 g/mol. The Morgan fingerprint density at radius 1 is 1.47 bits per heavy atom. The number of aryl methyl sites for hydroxylation is 2. The number of hydrogen-bond donors (Lipinski definition) is 1. The van der Waals surface area contributed by atoms with Gasteiger partial charge in [-0.05, 0) is 26.2 Å². The summed E-state index contributed by atoms with van der Waals surface area (Å²) in [5.41, 5.74) is 0.982. The van der Waals surface area contributed by atoms with E-state index < -0.39 is 0 Å². The van der Waals surface area contributed by atoms with Gasteiger partial charge in [-0.1, -0.05) is 0 Å². The van der Waals surface area contributed by atoms with Crippen molar-refractivity contribution in [1.82, 2.24) is 10.3 Å². The van der Waals surface area contributed by atoms with Crippen LogP contribution in [-0.2, 0) is 11.3 Å². The first kappa shape index (κ1) is 10.6. The summed E-state index contributed by atoms with van der Waals surface area (Å²) in [4.78, 5) is 4.31. The standard InChI is InChI=1S/C11H18N2O2/c1-8-9(2)15-11(13-8)6-12-5-10-3-4-14-7-10/h10,12H,3-7H2,1-2H3. The van der Waals surface area contributed by atoms with E-state index in [0.717, 1.165) is 43.5 Å². The first-order valence-corrected chi connectivity index (χ1v) is 5.47. The molecule has 1 N–H and O–H groups in total. The second-order valence-electron chi connectivity index (χ2n) is 4.11.